The molecule has 0 bridgehead atoms. The first-order chi connectivity index (χ1) is 13.7. The van der Waals surface area contributed by atoms with Gasteiger partial charge in [-0.3, -0.25) is 0 Å². The van der Waals surface area contributed by atoms with E-state index in [2.05, 4.69) is 20.6 Å². The molecule has 28 heavy (non-hydrogen) atoms. The van der Waals surface area contributed by atoms with Crippen LogP contribution in [0.4, 0.5) is 9.18 Å². The zero-order valence-corrected chi connectivity index (χ0v) is 14.9. The van der Waals surface area contributed by atoms with Gasteiger partial charge in [0.2, 0.25) is 0 Å². The Kier molecular flexibility index (Phi) is 5.01. The van der Waals surface area contributed by atoms with Crippen molar-refractivity contribution in [2.75, 3.05) is 6.54 Å². The third kappa shape index (κ3) is 4.01. The molecule has 0 unspecified atom stereocenters. The van der Waals surface area contributed by atoms with Crippen molar-refractivity contribution in [2.24, 2.45) is 0 Å². The molecule has 7 nitrogen and oxygen atoms in total. The molecule has 2 heterocycles. The molecule has 2 N–H and O–H groups in total. The highest BCUT2D eigenvalue weighted by Gasteiger charge is 2.08. The lowest BCUT2D eigenvalue weighted by molar-refractivity contribution is 0.138. The number of hydrogen-bond donors (Lipinski definition) is 2. The Morgan fingerprint density at radius 2 is 2.00 bits per heavy atom. The summed E-state index contributed by atoms with van der Waals surface area (Å²) in [6, 6.07) is 13.9. The number of aromatic nitrogens is 4. The van der Waals surface area contributed by atoms with E-state index in [4.69, 9.17) is 4.74 Å². The molecule has 4 aromatic rings. The van der Waals surface area contributed by atoms with Crippen LogP contribution in [0.5, 0.6) is 0 Å². The van der Waals surface area contributed by atoms with Gasteiger partial charge in [0.25, 0.3) is 0 Å². The summed E-state index contributed by atoms with van der Waals surface area (Å²) in [5.41, 5.74) is 3.38. The Labute approximate surface area is 160 Å². The lowest BCUT2D eigenvalue weighted by atomic mass is 10.1. The predicted molar refractivity (Wildman–Crippen MR) is 102 cm³/mol. The van der Waals surface area contributed by atoms with Gasteiger partial charge < -0.3 is 15.0 Å². The fourth-order valence-corrected chi connectivity index (χ4v) is 2.91. The molecule has 2 aromatic carbocycles. The first-order valence-corrected chi connectivity index (χ1v) is 8.82. The van der Waals surface area contributed by atoms with Gasteiger partial charge in [-0.1, -0.05) is 23.4 Å². The molecule has 1 amide bonds. The Morgan fingerprint density at radius 3 is 2.86 bits per heavy atom. The fraction of sp³-hybridized carbons (Fsp3) is 0.150. The summed E-state index contributed by atoms with van der Waals surface area (Å²) in [5, 5.41) is 11.8. The van der Waals surface area contributed by atoms with Gasteiger partial charge in [0.1, 0.15) is 18.1 Å². The molecule has 2 aromatic heterocycles. The van der Waals surface area contributed by atoms with E-state index in [0.717, 1.165) is 16.5 Å². The molecule has 0 saturated heterocycles. The molecule has 0 aliphatic rings. The number of rotatable bonds is 6. The number of carbonyl (C=O) groups is 1. The van der Waals surface area contributed by atoms with Crippen LogP contribution in [-0.4, -0.2) is 32.6 Å². The average molecular weight is 379 g/mol. The molecule has 0 spiro atoms. The van der Waals surface area contributed by atoms with Crippen LogP contribution in [0.1, 0.15) is 11.3 Å². The average Bonchev–Trinajstić information content (AvgIpc) is 3.35. The Hall–Kier alpha value is -3.68. The van der Waals surface area contributed by atoms with Gasteiger partial charge in [0, 0.05) is 23.6 Å². The Balaban J connectivity index is 1.25. The van der Waals surface area contributed by atoms with E-state index in [1.54, 1.807) is 18.3 Å². The summed E-state index contributed by atoms with van der Waals surface area (Å²) in [6.07, 6.45) is 3.76. The third-order valence-corrected chi connectivity index (χ3v) is 4.32. The number of carbonyl (C=O) groups excluding carboxylic acids is 1. The molecule has 8 heteroatoms. The normalized spacial score (nSPS) is 10.9. The van der Waals surface area contributed by atoms with E-state index in [9.17, 15) is 9.18 Å². The van der Waals surface area contributed by atoms with Crippen LogP contribution in [0.3, 0.4) is 0 Å². The summed E-state index contributed by atoms with van der Waals surface area (Å²) < 4.78 is 19.6. The van der Waals surface area contributed by atoms with Gasteiger partial charge in [-0.15, -0.1) is 5.10 Å². The quantitative estimate of drug-likeness (QED) is 0.538. The number of hydrogen-bond acceptors (Lipinski definition) is 4. The maximum atomic E-state index is 13.0. The van der Waals surface area contributed by atoms with Gasteiger partial charge in [-0.25, -0.2) is 13.9 Å². The van der Waals surface area contributed by atoms with Gasteiger partial charge in [-0.2, -0.15) is 0 Å². The third-order valence-electron chi connectivity index (χ3n) is 4.32. The van der Waals surface area contributed by atoms with E-state index >= 15 is 0 Å². The van der Waals surface area contributed by atoms with E-state index in [1.807, 2.05) is 30.5 Å². The van der Waals surface area contributed by atoms with Crippen molar-refractivity contribution in [3.05, 3.63) is 78.0 Å². The van der Waals surface area contributed by atoms with Crippen LogP contribution in [0, 0.1) is 5.82 Å². The number of amides is 1. The summed E-state index contributed by atoms with van der Waals surface area (Å²) in [6.45, 7) is 0.461. The van der Waals surface area contributed by atoms with Crippen molar-refractivity contribution in [2.45, 2.75) is 13.0 Å². The zero-order valence-electron chi connectivity index (χ0n) is 14.9. The van der Waals surface area contributed by atoms with Crippen molar-refractivity contribution in [1.29, 1.82) is 0 Å². The van der Waals surface area contributed by atoms with Crippen molar-refractivity contribution in [3.8, 4) is 5.69 Å². The first kappa shape index (κ1) is 17.7. The zero-order chi connectivity index (χ0) is 19.3. The summed E-state index contributed by atoms with van der Waals surface area (Å²) >= 11 is 0. The number of fused-ring (bicyclic) bond motifs is 1. The second-order valence-electron chi connectivity index (χ2n) is 6.24. The largest absolute Gasteiger partial charge is 0.443 e. The first-order valence-electron chi connectivity index (χ1n) is 8.82. The molecular formula is C20H18FN5O2. The number of ether oxygens (including phenoxy) is 1. The van der Waals surface area contributed by atoms with Crippen LogP contribution in [0.25, 0.3) is 16.6 Å². The molecule has 0 atom stereocenters. The van der Waals surface area contributed by atoms with Crippen molar-refractivity contribution in [1.82, 2.24) is 25.3 Å². The predicted octanol–water partition coefficient (Wildman–Crippen LogP) is 3.36. The summed E-state index contributed by atoms with van der Waals surface area (Å²) in [5.74, 6) is -0.322. The minimum absolute atomic E-state index is 0.000113. The maximum Gasteiger partial charge on any atom is 0.407 e. The van der Waals surface area contributed by atoms with E-state index in [0.29, 0.717) is 24.3 Å². The number of aromatic amines is 1. The van der Waals surface area contributed by atoms with Crippen molar-refractivity contribution < 1.29 is 13.9 Å². The molecule has 0 fully saturated rings. The van der Waals surface area contributed by atoms with Crippen LogP contribution in [0.15, 0.2) is 60.9 Å². The summed E-state index contributed by atoms with van der Waals surface area (Å²) in [4.78, 5) is 15.1. The van der Waals surface area contributed by atoms with Crippen molar-refractivity contribution >= 4 is 17.0 Å². The fourth-order valence-electron chi connectivity index (χ4n) is 2.91. The second-order valence-corrected chi connectivity index (χ2v) is 6.24. The van der Waals surface area contributed by atoms with Crippen LogP contribution >= 0.6 is 0 Å². The number of benzene rings is 2. The number of para-hydroxylation sites is 1. The van der Waals surface area contributed by atoms with Gasteiger partial charge in [0.05, 0.1) is 11.9 Å². The molecule has 4 rings (SSSR count). The van der Waals surface area contributed by atoms with Crippen LogP contribution < -0.4 is 5.32 Å². The maximum absolute atomic E-state index is 13.0. The van der Waals surface area contributed by atoms with Crippen LogP contribution in [-0.2, 0) is 17.8 Å². The topological polar surface area (TPSA) is 84.8 Å². The smallest absolute Gasteiger partial charge is 0.407 e. The molecular weight excluding hydrogens is 361 g/mol. The van der Waals surface area contributed by atoms with Gasteiger partial charge >= 0.3 is 6.09 Å². The lowest BCUT2D eigenvalue weighted by Crippen LogP contribution is -2.26. The minimum atomic E-state index is -0.517. The standard InChI is InChI=1S/C20H18FN5O2/c21-15-5-7-17(8-6-15)26-12-16(24-25-26)13-28-20(27)22-10-9-14-11-23-19-4-2-1-3-18(14)19/h1-8,11-12,23H,9-10,13H2,(H,22,27). The lowest BCUT2D eigenvalue weighted by Gasteiger charge is -2.05. The highest BCUT2D eigenvalue weighted by molar-refractivity contribution is 5.83. The van der Waals surface area contributed by atoms with Crippen LogP contribution in [0.2, 0.25) is 0 Å². The molecule has 0 aliphatic carbocycles. The number of nitrogens with zero attached hydrogens (tertiary/aromatic N) is 3. The monoisotopic (exact) mass is 379 g/mol. The second kappa shape index (κ2) is 7.91. The Bertz CT molecular complexity index is 1090. The minimum Gasteiger partial charge on any atom is -0.443 e. The SMILES string of the molecule is O=C(NCCc1c[nH]c2ccccc12)OCc1cn(-c2ccc(F)cc2)nn1. The molecule has 142 valence electrons. The summed E-state index contributed by atoms with van der Waals surface area (Å²) in [7, 11) is 0. The number of halogens is 1. The molecule has 0 aliphatic heterocycles. The van der Waals surface area contributed by atoms with E-state index < -0.39 is 6.09 Å². The molecule has 0 radical (unpaired) electrons. The Morgan fingerprint density at radius 1 is 1.18 bits per heavy atom. The molecule has 0 saturated carbocycles. The number of H-pyrrole nitrogens is 1. The number of nitrogens with one attached hydrogen (secondary N) is 2. The van der Waals surface area contributed by atoms with E-state index in [1.165, 1.54) is 16.8 Å². The van der Waals surface area contributed by atoms with Crippen molar-refractivity contribution in [3.63, 3.8) is 0 Å². The van der Waals surface area contributed by atoms with Gasteiger partial charge in [0.15, 0.2) is 0 Å². The van der Waals surface area contributed by atoms with Gasteiger partial charge in [-0.05, 0) is 42.3 Å². The van der Waals surface area contributed by atoms with E-state index in [-0.39, 0.29) is 12.4 Å². The highest BCUT2D eigenvalue weighted by Crippen LogP contribution is 2.17. The highest BCUT2D eigenvalue weighted by atomic mass is 19.1. The number of alkyl carbamates (subject to hydrolysis) is 1.